The van der Waals surface area contributed by atoms with Crippen LogP contribution in [-0.2, 0) is 14.6 Å². The number of hydrogen-bond donors (Lipinski definition) is 2. The second-order valence-electron chi connectivity index (χ2n) is 6.77. The van der Waals surface area contributed by atoms with Crippen molar-refractivity contribution >= 4 is 5.97 Å². The van der Waals surface area contributed by atoms with Crippen molar-refractivity contribution in [1.82, 2.24) is 0 Å². The van der Waals surface area contributed by atoms with Crippen LogP contribution in [-0.4, -0.2) is 34.5 Å². The quantitative estimate of drug-likeness (QED) is 0.265. The number of aliphatic hydroxyl groups is 1. The van der Waals surface area contributed by atoms with Crippen LogP contribution < -0.4 is 0 Å². The van der Waals surface area contributed by atoms with Crippen molar-refractivity contribution in [2.45, 2.75) is 97.2 Å². The first kappa shape index (κ1) is 22.4. The van der Waals surface area contributed by atoms with Gasteiger partial charge in [-0.25, -0.2) is 14.6 Å². The second kappa shape index (κ2) is 12.7. The maximum absolute atomic E-state index is 11.8. The maximum atomic E-state index is 11.8. The van der Waals surface area contributed by atoms with Crippen LogP contribution >= 0.6 is 0 Å². The van der Waals surface area contributed by atoms with Gasteiger partial charge in [0, 0.05) is 0 Å². The molecule has 0 spiro atoms. The Labute approximate surface area is 141 Å². The van der Waals surface area contributed by atoms with E-state index in [0.29, 0.717) is 25.9 Å². The van der Waals surface area contributed by atoms with E-state index < -0.39 is 17.7 Å². The number of carboxylic acid groups (broad SMARTS) is 1. The minimum atomic E-state index is -1.24. The van der Waals surface area contributed by atoms with Crippen LogP contribution in [0.15, 0.2) is 0 Å². The summed E-state index contributed by atoms with van der Waals surface area (Å²) in [5.41, 5.74) is -1.24. The van der Waals surface area contributed by atoms with Gasteiger partial charge in [-0.05, 0) is 38.5 Å². The standard InChI is InChI=1S/C18H36O5/c1-5-7-9-10-12-18(17(20)21,11-8-6-2)23-22-14-15(3)13-16(4)19/h15-16,19H,5-14H2,1-4H3,(H,20,21). The van der Waals surface area contributed by atoms with Gasteiger partial charge in [-0.15, -0.1) is 0 Å². The maximum Gasteiger partial charge on any atom is 0.339 e. The molecule has 23 heavy (non-hydrogen) atoms. The van der Waals surface area contributed by atoms with Gasteiger partial charge >= 0.3 is 5.97 Å². The minimum absolute atomic E-state index is 0.118. The molecule has 0 saturated carbocycles. The lowest BCUT2D eigenvalue weighted by Gasteiger charge is -2.28. The molecule has 3 atom stereocenters. The van der Waals surface area contributed by atoms with Gasteiger partial charge in [0.2, 0.25) is 0 Å². The van der Waals surface area contributed by atoms with Crippen molar-refractivity contribution in [3.8, 4) is 0 Å². The van der Waals surface area contributed by atoms with E-state index in [4.69, 9.17) is 9.78 Å². The van der Waals surface area contributed by atoms with Crippen LogP contribution in [0.25, 0.3) is 0 Å². The zero-order valence-electron chi connectivity index (χ0n) is 15.3. The summed E-state index contributed by atoms with van der Waals surface area (Å²) in [6.07, 6.45) is 6.94. The Morgan fingerprint density at radius 2 is 1.65 bits per heavy atom. The number of aliphatic carboxylic acids is 1. The van der Waals surface area contributed by atoms with Crippen molar-refractivity contribution < 1.29 is 24.8 Å². The summed E-state index contributed by atoms with van der Waals surface area (Å²) in [7, 11) is 0. The van der Waals surface area contributed by atoms with Crippen LogP contribution in [0.5, 0.6) is 0 Å². The Kier molecular flexibility index (Phi) is 12.4. The largest absolute Gasteiger partial charge is 0.479 e. The van der Waals surface area contributed by atoms with Gasteiger partial charge in [-0.3, -0.25) is 0 Å². The van der Waals surface area contributed by atoms with E-state index in [1.165, 1.54) is 0 Å². The van der Waals surface area contributed by atoms with E-state index in [9.17, 15) is 15.0 Å². The molecule has 0 fully saturated rings. The fourth-order valence-electron chi connectivity index (χ4n) is 2.67. The van der Waals surface area contributed by atoms with E-state index in [1.54, 1.807) is 6.92 Å². The molecule has 0 aromatic rings. The summed E-state index contributed by atoms with van der Waals surface area (Å²) in [5.74, 6) is -0.821. The summed E-state index contributed by atoms with van der Waals surface area (Å²) in [6, 6.07) is 0. The highest BCUT2D eigenvalue weighted by atomic mass is 17.2. The molecular weight excluding hydrogens is 296 g/mol. The lowest BCUT2D eigenvalue weighted by Crippen LogP contribution is -2.42. The first-order valence-electron chi connectivity index (χ1n) is 9.10. The van der Waals surface area contributed by atoms with E-state index >= 15 is 0 Å². The van der Waals surface area contributed by atoms with Gasteiger partial charge in [0.05, 0.1) is 12.7 Å². The van der Waals surface area contributed by atoms with Crippen molar-refractivity contribution in [3.63, 3.8) is 0 Å². The Balaban J connectivity index is 4.57. The summed E-state index contributed by atoms with van der Waals surface area (Å²) in [6.45, 7) is 8.14. The molecule has 0 aromatic carbocycles. The molecule has 0 heterocycles. The molecule has 0 rings (SSSR count). The highest BCUT2D eigenvalue weighted by molar-refractivity contribution is 5.77. The average Bonchev–Trinajstić information content (AvgIpc) is 2.47. The van der Waals surface area contributed by atoms with Gasteiger partial charge in [0.25, 0.3) is 0 Å². The zero-order chi connectivity index (χ0) is 17.7. The van der Waals surface area contributed by atoms with E-state index in [-0.39, 0.29) is 5.92 Å². The van der Waals surface area contributed by atoms with Gasteiger partial charge < -0.3 is 10.2 Å². The molecule has 0 saturated heterocycles. The van der Waals surface area contributed by atoms with Crippen LogP contribution in [0.4, 0.5) is 0 Å². The summed E-state index contributed by atoms with van der Waals surface area (Å²) in [4.78, 5) is 22.5. The van der Waals surface area contributed by atoms with Crippen molar-refractivity contribution in [2.75, 3.05) is 6.61 Å². The molecule has 2 N–H and O–H groups in total. The number of carbonyl (C=O) groups is 1. The molecule has 138 valence electrons. The Morgan fingerprint density at radius 1 is 1.04 bits per heavy atom. The summed E-state index contributed by atoms with van der Waals surface area (Å²) in [5, 5.41) is 19.0. The number of carboxylic acids is 1. The van der Waals surface area contributed by atoms with Gasteiger partial charge in [-0.1, -0.05) is 52.9 Å². The van der Waals surface area contributed by atoms with Crippen LogP contribution in [0, 0.1) is 5.92 Å². The summed E-state index contributed by atoms with van der Waals surface area (Å²) < 4.78 is 0. The summed E-state index contributed by atoms with van der Waals surface area (Å²) >= 11 is 0. The fraction of sp³-hybridized carbons (Fsp3) is 0.944. The fourth-order valence-corrected chi connectivity index (χ4v) is 2.67. The van der Waals surface area contributed by atoms with Gasteiger partial charge in [-0.2, -0.15) is 0 Å². The van der Waals surface area contributed by atoms with Crippen LogP contribution in [0.3, 0.4) is 0 Å². The lowest BCUT2D eigenvalue weighted by atomic mass is 9.90. The molecule has 5 heteroatoms. The monoisotopic (exact) mass is 332 g/mol. The first-order valence-corrected chi connectivity index (χ1v) is 9.10. The number of hydrogen-bond acceptors (Lipinski definition) is 4. The number of unbranched alkanes of at least 4 members (excludes halogenated alkanes) is 4. The lowest BCUT2D eigenvalue weighted by molar-refractivity contribution is -0.362. The number of aliphatic hydroxyl groups excluding tert-OH is 1. The smallest absolute Gasteiger partial charge is 0.339 e. The average molecular weight is 332 g/mol. The molecule has 0 radical (unpaired) electrons. The highest BCUT2D eigenvalue weighted by Crippen LogP contribution is 2.28. The van der Waals surface area contributed by atoms with Crippen molar-refractivity contribution in [2.24, 2.45) is 5.92 Å². The van der Waals surface area contributed by atoms with E-state index in [2.05, 4.69) is 6.92 Å². The minimum Gasteiger partial charge on any atom is -0.479 e. The molecular formula is C18H36O5. The molecule has 0 aromatic heterocycles. The van der Waals surface area contributed by atoms with Crippen molar-refractivity contribution in [3.05, 3.63) is 0 Å². The SMILES string of the molecule is CCCCCCC(CCCC)(OOCC(C)CC(C)O)C(=O)O. The number of rotatable bonds is 15. The van der Waals surface area contributed by atoms with E-state index in [0.717, 1.165) is 38.5 Å². The van der Waals surface area contributed by atoms with Crippen LogP contribution in [0.2, 0.25) is 0 Å². The van der Waals surface area contributed by atoms with E-state index in [1.807, 2.05) is 13.8 Å². The molecule has 0 aliphatic rings. The molecule has 3 unspecified atom stereocenters. The van der Waals surface area contributed by atoms with Gasteiger partial charge in [0.1, 0.15) is 0 Å². The predicted octanol–water partition coefficient (Wildman–Crippen LogP) is 4.33. The normalized spacial score (nSPS) is 16.7. The molecule has 0 aliphatic carbocycles. The van der Waals surface area contributed by atoms with Gasteiger partial charge in [0.15, 0.2) is 5.60 Å². The molecule has 0 amide bonds. The third-order valence-corrected chi connectivity index (χ3v) is 4.07. The highest BCUT2D eigenvalue weighted by Gasteiger charge is 2.40. The Bertz CT molecular complexity index is 306. The topological polar surface area (TPSA) is 76.0 Å². The molecule has 0 bridgehead atoms. The third kappa shape index (κ3) is 9.95. The van der Waals surface area contributed by atoms with Crippen molar-refractivity contribution in [1.29, 1.82) is 0 Å². The zero-order valence-corrected chi connectivity index (χ0v) is 15.3. The molecule has 5 nitrogen and oxygen atoms in total. The Hall–Kier alpha value is -0.650. The first-order chi connectivity index (χ1) is 10.9. The van der Waals surface area contributed by atoms with Crippen LogP contribution in [0.1, 0.15) is 85.5 Å². The predicted molar refractivity (Wildman–Crippen MR) is 91.1 cm³/mol. The second-order valence-corrected chi connectivity index (χ2v) is 6.77. The Morgan fingerprint density at radius 3 is 2.17 bits per heavy atom. The third-order valence-electron chi connectivity index (χ3n) is 4.07. The molecule has 0 aliphatic heterocycles.